The monoisotopic (exact) mass is 306 g/mol. The predicted molar refractivity (Wildman–Crippen MR) is 83.9 cm³/mol. The van der Waals surface area contributed by atoms with Crippen LogP contribution in [-0.4, -0.2) is 15.0 Å². The van der Waals surface area contributed by atoms with E-state index in [9.17, 15) is 8.42 Å². The Morgan fingerprint density at radius 1 is 1.05 bits per heavy atom. The van der Waals surface area contributed by atoms with Crippen LogP contribution in [-0.2, 0) is 10.0 Å². The van der Waals surface area contributed by atoms with Gasteiger partial charge < -0.3 is 10.5 Å². The maximum Gasteiger partial charge on any atom is 0.261 e. The van der Waals surface area contributed by atoms with Crippen LogP contribution < -0.4 is 15.2 Å². The van der Waals surface area contributed by atoms with Gasteiger partial charge in [0.15, 0.2) is 0 Å². The smallest absolute Gasteiger partial charge is 0.261 e. The summed E-state index contributed by atoms with van der Waals surface area (Å²) in [6.45, 7) is 2.62. The summed E-state index contributed by atoms with van der Waals surface area (Å²) >= 11 is 0. The lowest BCUT2D eigenvalue weighted by Crippen LogP contribution is -2.12. The van der Waals surface area contributed by atoms with Crippen LogP contribution in [0, 0.1) is 0 Å². The number of nitrogens with one attached hydrogen (secondary N) is 1. The molecule has 2 aromatic carbocycles. The molecule has 5 nitrogen and oxygen atoms in total. The molecule has 0 radical (unpaired) electrons. The van der Waals surface area contributed by atoms with Gasteiger partial charge in [-0.05, 0) is 55.0 Å². The summed E-state index contributed by atoms with van der Waals surface area (Å²) in [4.78, 5) is 0.183. The number of benzene rings is 2. The van der Waals surface area contributed by atoms with Crippen molar-refractivity contribution in [2.75, 3.05) is 17.1 Å². The Bertz CT molecular complexity index is 680. The lowest BCUT2D eigenvalue weighted by atomic mass is 10.3. The quantitative estimate of drug-likeness (QED) is 0.804. The van der Waals surface area contributed by atoms with Crippen molar-refractivity contribution in [2.24, 2.45) is 0 Å². The SMILES string of the molecule is CCCOc1ccc(S(=O)(=O)Nc2ccc(N)cc2)cc1. The molecule has 0 bridgehead atoms. The number of anilines is 2. The van der Waals surface area contributed by atoms with Gasteiger partial charge in [-0.1, -0.05) is 6.92 Å². The van der Waals surface area contributed by atoms with Crippen LogP contribution in [0.5, 0.6) is 5.75 Å². The molecule has 3 N–H and O–H groups in total. The largest absolute Gasteiger partial charge is 0.494 e. The van der Waals surface area contributed by atoms with Crippen LogP contribution in [0.15, 0.2) is 53.4 Å². The van der Waals surface area contributed by atoms with Gasteiger partial charge in [0.05, 0.1) is 11.5 Å². The molecule has 0 aliphatic carbocycles. The number of sulfonamides is 1. The fourth-order valence-electron chi connectivity index (χ4n) is 1.70. The van der Waals surface area contributed by atoms with Gasteiger partial charge in [-0.15, -0.1) is 0 Å². The Hall–Kier alpha value is -2.21. The Morgan fingerprint density at radius 2 is 1.67 bits per heavy atom. The van der Waals surface area contributed by atoms with E-state index < -0.39 is 10.0 Å². The molecular weight excluding hydrogens is 288 g/mol. The minimum absolute atomic E-state index is 0.183. The summed E-state index contributed by atoms with van der Waals surface area (Å²) in [5.74, 6) is 0.656. The molecule has 0 saturated carbocycles. The second kappa shape index (κ2) is 6.49. The van der Waals surface area contributed by atoms with Crippen LogP contribution in [0.4, 0.5) is 11.4 Å². The molecule has 21 heavy (non-hydrogen) atoms. The number of ether oxygens (including phenoxy) is 1. The standard InChI is InChI=1S/C15H18N2O3S/c1-2-11-20-14-7-9-15(10-8-14)21(18,19)17-13-5-3-12(16)4-6-13/h3-10,17H,2,11,16H2,1H3. The highest BCUT2D eigenvalue weighted by Crippen LogP contribution is 2.20. The van der Waals surface area contributed by atoms with Gasteiger partial charge in [-0.2, -0.15) is 0 Å². The normalized spacial score (nSPS) is 11.1. The molecule has 0 unspecified atom stereocenters. The van der Waals surface area contributed by atoms with Crippen LogP contribution in [0.1, 0.15) is 13.3 Å². The topological polar surface area (TPSA) is 81.4 Å². The van der Waals surface area contributed by atoms with Crippen LogP contribution in [0.3, 0.4) is 0 Å². The van der Waals surface area contributed by atoms with E-state index >= 15 is 0 Å². The third kappa shape index (κ3) is 4.13. The average molecular weight is 306 g/mol. The molecule has 0 amide bonds. The highest BCUT2D eigenvalue weighted by atomic mass is 32.2. The van der Waals surface area contributed by atoms with E-state index in [2.05, 4.69) is 4.72 Å². The number of hydrogen-bond donors (Lipinski definition) is 2. The molecule has 0 atom stereocenters. The van der Waals surface area contributed by atoms with E-state index in [0.29, 0.717) is 23.7 Å². The first-order chi connectivity index (χ1) is 10.0. The molecule has 2 aromatic rings. The highest BCUT2D eigenvalue weighted by Gasteiger charge is 2.14. The number of nitrogen functional groups attached to an aromatic ring is 1. The van der Waals surface area contributed by atoms with Gasteiger partial charge in [0, 0.05) is 11.4 Å². The van der Waals surface area contributed by atoms with E-state index in [4.69, 9.17) is 10.5 Å². The van der Waals surface area contributed by atoms with Gasteiger partial charge in [-0.3, -0.25) is 4.72 Å². The maximum absolute atomic E-state index is 12.2. The minimum Gasteiger partial charge on any atom is -0.494 e. The summed E-state index contributed by atoms with van der Waals surface area (Å²) in [5.41, 5.74) is 6.61. The average Bonchev–Trinajstić information content (AvgIpc) is 2.48. The van der Waals surface area contributed by atoms with Crippen molar-refractivity contribution in [1.29, 1.82) is 0 Å². The first-order valence-electron chi connectivity index (χ1n) is 6.62. The molecular formula is C15H18N2O3S. The Morgan fingerprint density at radius 3 is 2.24 bits per heavy atom. The zero-order valence-corrected chi connectivity index (χ0v) is 12.6. The second-order valence-corrected chi connectivity index (χ2v) is 6.23. The summed E-state index contributed by atoms with van der Waals surface area (Å²) < 4.78 is 32.4. The van der Waals surface area contributed by atoms with Gasteiger partial charge in [0.1, 0.15) is 5.75 Å². The van der Waals surface area contributed by atoms with E-state index in [1.54, 1.807) is 36.4 Å². The number of nitrogens with two attached hydrogens (primary N) is 1. The summed E-state index contributed by atoms with van der Waals surface area (Å²) in [6, 6.07) is 12.8. The fraction of sp³-hybridized carbons (Fsp3) is 0.200. The maximum atomic E-state index is 12.2. The van der Waals surface area contributed by atoms with E-state index in [1.807, 2.05) is 6.92 Å². The third-order valence-corrected chi connectivity index (χ3v) is 4.17. The Kier molecular flexibility index (Phi) is 4.70. The van der Waals surface area contributed by atoms with Crippen LogP contribution >= 0.6 is 0 Å². The van der Waals surface area contributed by atoms with Crippen molar-refractivity contribution < 1.29 is 13.2 Å². The van der Waals surface area contributed by atoms with Crippen molar-refractivity contribution in [3.63, 3.8) is 0 Å². The zero-order valence-electron chi connectivity index (χ0n) is 11.7. The fourth-order valence-corrected chi connectivity index (χ4v) is 2.76. The first-order valence-corrected chi connectivity index (χ1v) is 8.11. The molecule has 0 aliphatic heterocycles. The Labute approximate surface area is 124 Å². The summed E-state index contributed by atoms with van der Waals surface area (Å²) in [7, 11) is -3.61. The van der Waals surface area contributed by atoms with Gasteiger partial charge >= 0.3 is 0 Å². The molecule has 0 saturated heterocycles. The second-order valence-electron chi connectivity index (χ2n) is 4.55. The van der Waals surface area contributed by atoms with Crippen molar-refractivity contribution in [3.8, 4) is 5.75 Å². The van der Waals surface area contributed by atoms with Gasteiger partial charge in [0.2, 0.25) is 0 Å². The molecule has 0 aliphatic rings. The minimum atomic E-state index is -3.61. The third-order valence-electron chi connectivity index (χ3n) is 2.77. The zero-order chi connectivity index (χ0) is 15.3. The number of rotatable bonds is 6. The van der Waals surface area contributed by atoms with Crippen LogP contribution in [0.2, 0.25) is 0 Å². The van der Waals surface area contributed by atoms with Crippen LogP contribution in [0.25, 0.3) is 0 Å². The summed E-state index contributed by atoms with van der Waals surface area (Å²) in [6.07, 6.45) is 0.902. The molecule has 6 heteroatoms. The molecule has 0 aromatic heterocycles. The highest BCUT2D eigenvalue weighted by molar-refractivity contribution is 7.92. The first kappa shape index (κ1) is 15.2. The lowest BCUT2D eigenvalue weighted by Gasteiger charge is -2.09. The lowest BCUT2D eigenvalue weighted by molar-refractivity contribution is 0.317. The van der Waals surface area contributed by atoms with Crippen molar-refractivity contribution >= 4 is 21.4 Å². The Balaban J connectivity index is 2.13. The summed E-state index contributed by atoms with van der Waals surface area (Å²) in [5, 5.41) is 0. The number of hydrogen-bond acceptors (Lipinski definition) is 4. The van der Waals surface area contributed by atoms with Crippen molar-refractivity contribution in [1.82, 2.24) is 0 Å². The predicted octanol–water partition coefficient (Wildman–Crippen LogP) is 2.86. The van der Waals surface area contributed by atoms with E-state index in [0.717, 1.165) is 6.42 Å². The molecule has 0 fully saturated rings. The molecule has 112 valence electrons. The van der Waals surface area contributed by atoms with E-state index in [1.165, 1.54) is 12.1 Å². The van der Waals surface area contributed by atoms with E-state index in [-0.39, 0.29) is 4.90 Å². The molecule has 2 rings (SSSR count). The van der Waals surface area contributed by atoms with Crippen molar-refractivity contribution in [2.45, 2.75) is 18.2 Å². The van der Waals surface area contributed by atoms with Gasteiger partial charge in [-0.25, -0.2) is 8.42 Å². The van der Waals surface area contributed by atoms with Gasteiger partial charge in [0.25, 0.3) is 10.0 Å². The molecule has 0 heterocycles. The molecule has 0 spiro atoms. The van der Waals surface area contributed by atoms with Crippen molar-refractivity contribution in [3.05, 3.63) is 48.5 Å².